The van der Waals surface area contributed by atoms with Gasteiger partial charge < -0.3 is 4.74 Å². The molecule has 0 spiro atoms. The second-order valence-electron chi connectivity index (χ2n) is 3.49. The minimum absolute atomic E-state index is 0.200. The van der Waals surface area contributed by atoms with E-state index in [0.29, 0.717) is 24.5 Å². The highest BCUT2D eigenvalue weighted by molar-refractivity contribution is 9.10. The van der Waals surface area contributed by atoms with Gasteiger partial charge in [0.15, 0.2) is 0 Å². The summed E-state index contributed by atoms with van der Waals surface area (Å²) < 4.78 is 6.46. The van der Waals surface area contributed by atoms with E-state index < -0.39 is 0 Å². The number of carbonyl (C=O) groups is 1. The number of carbonyl (C=O) groups excluding carboxylic acids is 1. The Morgan fingerprint density at radius 2 is 2.27 bits per heavy atom. The molecule has 4 heteroatoms. The summed E-state index contributed by atoms with van der Waals surface area (Å²) >= 11 is 9.52. The van der Waals surface area contributed by atoms with Gasteiger partial charge in [-0.05, 0) is 12.1 Å². The first-order valence-electron chi connectivity index (χ1n) is 4.75. The van der Waals surface area contributed by atoms with Gasteiger partial charge in [-0.3, -0.25) is 4.79 Å². The van der Waals surface area contributed by atoms with Crippen LogP contribution in [0.2, 0.25) is 5.02 Å². The van der Waals surface area contributed by atoms with E-state index in [1.807, 2.05) is 18.2 Å². The topological polar surface area (TPSA) is 26.3 Å². The molecule has 0 N–H and O–H groups in total. The van der Waals surface area contributed by atoms with Gasteiger partial charge in [-0.1, -0.05) is 33.6 Å². The summed E-state index contributed by atoms with van der Waals surface area (Å²) in [4.78, 5) is 11.3. The Morgan fingerprint density at radius 1 is 1.47 bits per heavy atom. The zero-order valence-corrected chi connectivity index (χ0v) is 10.3. The van der Waals surface area contributed by atoms with Crippen LogP contribution in [0.5, 0.6) is 0 Å². The molecule has 0 amide bonds. The molecule has 1 heterocycles. The first kappa shape index (κ1) is 11.1. The Labute approximate surface area is 102 Å². The van der Waals surface area contributed by atoms with E-state index in [2.05, 4.69) is 15.9 Å². The van der Waals surface area contributed by atoms with Crippen LogP contribution in [0.4, 0.5) is 0 Å². The molecule has 0 aromatic heterocycles. The van der Waals surface area contributed by atoms with Gasteiger partial charge in [-0.25, -0.2) is 0 Å². The van der Waals surface area contributed by atoms with Gasteiger partial charge in [-0.2, -0.15) is 0 Å². The van der Waals surface area contributed by atoms with Crippen molar-refractivity contribution < 1.29 is 9.53 Å². The summed E-state index contributed by atoms with van der Waals surface area (Å²) in [5.74, 6) is 0.234. The van der Waals surface area contributed by atoms with Gasteiger partial charge in [0.25, 0.3) is 0 Å². The summed E-state index contributed by atoms with van der Waals surface area (Å²) in [6.07, 6.45) is 0.732. The minimum atomic E-state index is -0.200. The van der Waals surface area contributed by atoms with Crippen LogP contribution >= 0.6 is 27.5 Å². The number of ether oxygens (including phenoxy) is 1. The second-order valence-corrected chi connectivity index (χ2v) is 4.75. The molecule has 1 aromatic rings. The number of benzene rings is 1. The molecule has 1 aliphatic rings. The molecule has 1 fully saturated rings. The Bertz CT molecular complexity index is 372. The third-order valence-electron chi connectivity index (χ3n) is 2.43. The van der Waals surface area contributed by atoms with E-state index in [1.165, 1.54) is 0 Å². The predicted octanol–water partition coefficient (Wildman–Crippen LogP) is 3.52. The van der Waals surface area contributed by atoms with Crippen molar-refractivity contribution in [2.24, 2.45) is 0 Å². The quantitative estimate of drug-likeness (QED) is 0.790. The SMILES string of the molecule is O=C1CCOC(c2c(Cl)cccc2Br)C1. The average Bonchev–Trinajstić information content (AvgIpc) is 2.17. The lowest BCUT2D eigenvalue weighted by Gasteiger charge is -2.23. The molecule has 0 radical (unpaired) electrons. The van der Waals surface area contributed by atoms with Crippen molar-refractivity contribution in [2.75, 3.05) is 6.61 Å². The van der Waals surface area contributed by atoms with E-state index in [9.17, 15) is 4.79 Å². The maximum atomic E-state index is 11.3. The summed E-state index contributed by atoms with van der Waals surface area (Å²) in [6.45, 7) is 0.487. The highest BCUT2D eigenvalue weighted by Gasteiger charge is 2.25. The number of rotatable bonds is 1. The second kappa shape index (κ2) is 4.64. The van der Waals surface area contributed by atoms with Crippen molar-refractivity contribution in [3.8, 4) is 0 Å². The lowest BCUT2D eigenvalue weighted by Crippen LogP contribution is -2.19. The van der Waals surface area contributed by atoms with Crippen molar-refractivity contribution in [1.29, 1.82) is 0 Å². The average molecular weight is 290 g/mol. The fourth-order valence-corrected chi connectivity index (χ4v) is 2.72. The van der Waals surface area contributed by atoms with Crippen LogP contribution in [0.1, 0.15) is 24.5 Å². The largest absolute Gasteiger partial charge is 0.373 e. The smallest absolute Gasteiger partial charge is 0.138 e. The molecule has 1 aromatic carbocycles. The third-order valence-corrected chi connectivity index (χ3v) is 3.46. The van der Waals surface area contributed by atoms with Gasteiger partial charge in [0, 0.05) is 27.9 Å². The Hall–Kier alpha value is -0.380. The monoisotopic (exact) mass is 288 g/mol. The fraction of sp³-hybridized carbons (Fsp3) is 0.364. The minimum Gasteiger partial charge on any atom is -0.373 e. The Morgan fingerprint density at radius 3 is 2.93 bits per heavy atom. The molecule has 15 heavy (non-hydrogen) atoms. The van der Waals surface area contributed by atoms with Gasteiger partial charge in [0.2, 0.25) is 0 Å². The molecule has 2 rings (SSSR count). The number of Topliss-reactive ketones (excluding diaryl/α,β-unsaturated/α-hetero) is 1. The first-order chi connectivity index (χ1) is 7.18. The molecular formula is C11H10BrClO2. The molecule has 0 bridgehead atoms. The summed E-state index contributed by atoms with van der Waals surface area (Å²) in [6, 6.07) is 5.58. The van der Waals surface area contributed by atoms with E-state index in [4.69, 9.17) is 16.3 Å². The normalized spacial score (nSPS) is 21.7. The van der Waals surface area contributed by atoms with E-state index >= 15 is 0 Å². The third kappa shape index (κ3) is 2.41. The molecule has 1 aliphatic heterocycles. The van der Waals surface area contributed by atoms with Crippen molar-refractivity contribution in [1.82, 2.24) is 0 Å². The standard InChI is InChI=1S/C11H10BrClO2/c12-8-2-1-3-9(13)11(8)10-6-7(14)4-5-15-10/h1-3,10H,4-6H2. The number of halogens is 2. The Balaban J connectivity index is 2.32. The van der Waals surface area contributed by atoms with Crippen molar-refractivity contribution in [2.45, 2.75) is 18.9 Å². The molecule has 1 atom stereocenters. The molecule has 1 saturated heterocycles. The lowest BCUT2D eigenvalue weighted by molar-refractivity contribution is -0.128. The van der Waals surface area contributed by atoms with Crippen LogP contribution in [-0.4, -0.2) is 12.4 Å². The zero-order valence-electron chi connectivity index (χ0n) is 8.00. The van der Waals surface area contributed by atoms with E-state index in [1.54, 1.807) is 0 Å². The van der Waals surface area contributed by atoms with Gasteiger partial charge >= 0.3 is 0 Å². The molecule has 1 unspecified atom stereocenters. The van der Waals surface area contributed by atoms with E-state index in [-0.39, 0.29) is 11.9 Å². The van der Waals surface area contributed by atoms with Gasteiger partial charge in [0.1, 0.15) is 5.78 Å². The van der Waals surface area contributed by atoms with Crippen LogP contribution in [0, 0.1) is 0 Å². The summed E-state index contributed by atoms with van der Waals surface area (Å²) in [5.41, 5.74) is 0.882. The van der Waals surface area contributed by atoms with Crippen LogP contribution in [0.15, 0.2) is 22.7 Å². The van der Waals surface area contributed by atoms with Crippen LogP contribution in [-0.2, 0) is 9.53 Å². The molecular weight excluding hydrogens is 279 g/mol. The van der Waals surface area contributed by atoms with Gasteiger partial charge in [0.05, 0.1) is 12.7 Å². The molecule has 80 valence electrons. The summed E-state index contributed by atoms with van der Waals surface area (Å²) in [5, 5.41) is 0.643. The first-order valence-corrected chi connectivity index (χ1v) is 5.93. The van der Waals surface area contributed by atoms with Crippen molar-refractivity contribution in [3.63, 3.8) is 0 Å². The highest BCUT2D eigenvalue weighted by Crippen LogP contribution is 2.36. The maximum absolute atomic E-state index is 11.3. The van der Waals surface area contributed by atoms with Crippen molar-refractivity contribution >= 4 is 33.3 Å². The zero-order chi connectivity index (χ0) is 10.8. The van der Waals surface area contributed by atoms with Gasteiger partial charge in [-0.15, -0.1) is 0 Å². The van der Waals surface area contributed by atoms with Crippen LogP contribution in [0.3, 0.4) is 0 Å². The lowest BCUT2D eigenvalue weighted by atomic mass is 10.0. The number of ketones is 1. The molecule has 2 nitrogen and oxygen atoms in total. The number of hydrogen-bond donors (Lipinski definition) is 0. The highest BCUT2D eigenvalue weighted by atomic mass is 79.9. The Kier molecular flexibility index (Phi) is 3.44. The molecule has 0 aliphatic carbocycles. The number of hydrogen-bond acceptors (Lipinski definition) is 2. The summed E-state index contributed by atoms with van der Waals surface area (Å²) in [7, 11) is 0. The van der Waals surface area contributed by atoms with Crippen molar-refractivity contribution in [3.05, 3.63) is 33.3 Å². The molecule has 0 saturated carbocycles. The van der Waals surface area contributed by atoms with Crippen LogP contribution < -0.4 is 0 Å². The maximum Gasteiger partial charge on any atom is 0.138 e. The van der Waals surface area contributed by atoms with Crippen LogP contribution in [0.25, 0.3) is 0 Å². The predicted molar refractivity (Wildman–Crippen MR) is 62.1 cm³/mol. The van der Waals surface area contributed by atoms with E-state index in [0.717, 1.165) is 10.0 Å². The fourth-order valence-electron chi connectivity index (χ4n) is 1.69.